The van der Waals surface area contributed by atoms with E-state index in [1.54, 1.807) is 0 Å². The highest BCUT2D eigenvalue weighted by Gasteiger charge is 1.95. The number of aryl methyl sites for hydroxylation is 1. The molecule has 1 aromatic rings. The lowest BCUT2D eigenvalue weighted by Crippen LogP contribution is -2.12. The molecule has 2 heteroatoms. The fourth-order valence-electron chi connectivity index (χ4n) is 1.59. The molecule has 0 unspecified atom stereocenters. The van der Waals surface area contributed by atoms with Crippen molar-refractivity contribution in [2.24, 2.45) is 0 Å². The molecule has 0 fully saturated rings. The Kier molecular flexibility index (Phi) is 5.33. The molecule has 0 heterocycles. The van der Waals surface area contributed by atoms with Crippen LogP contribution in [-0.2, 0) is 6.42 Å². The van der Waals surface area contributed by atoms with Crippen LogP contribution in [0.4, 0.5) is 4.39 Å². The van der Waals surface area contributed by atoms with E-state index in [1.165, 1.54) is 37.0 Å². The van der Waals surface area contributed by atoms with Gasteiger partial charge in [-0.25, -0.2) is 4.39 Å². The third kappa shape index (κ3) is 5.53. The molecule has 0 aliphatic carbocycles. The highest BCUT2D eigenvalue weighted by atomic mass is 19.1. The van der Waals surface area contributed by atoms with E-state index in [9.17, 15) is 4.39 Å². The average Bonchev–Trinajstić information content (AvgIpc) is 2.20. The highest BCUT2D eigenvalue weighted by molar-refractivity contribution is 5.15. The summed E-state index contributed by atoms with van der Waals surface area (Å²) in [5, 5.41) is 0. The van der Waals surface area contributed by atoms with E-state index >= 15 is 0 Å². The third-order valence-corrected chi connectivity index (χ3v) is 2.48. The maximum absolute atomic E-state index is 12.6. The Morgan fingerprint density at radius 1 is 1.00 bits per heavy atom. The van der Waals surface area contributed by atoms with Crippen molar-refractivity contribution in [1.82, 2.24) is 4.90 Å². The Balaban J connectivity index is 2.12. The molecule has 0 N–H and O–H groups in total. The van der Waals surface area contributed by atoms with Crippen molar-refractivity contribution in [2.75, 3.05) is 20.6 Å². The second-order valence-electron chi connectivity index (χ2n) is 4.24. The summed E-state index contributed by atoms with van der Waals surface area (Å²) in [5.41, 5.74) is 1.24. The number of hydrogen-bond donors (Lipinski definition) is 0. The van der Waals surface area contributed by atoms with Crippen LogP contribution in [0, 0.1) is 5.82 Å². The van der Waals surface area contributed by atoms with E-state index in [1.807, 2.05) is 12.1 Å². The Labute approximate surface area is 91.9 Å². The molecule has 0 aliphatic heterocycles. The van der Waals surface area contributed by atoms with Gasteiger partial charge in [0.1, 0.15) is 5.82 Å². The molecule has 0 amide bonds. The largest absolute Gasteiger partial charge is 0.309 e. The number of nitrogens with zero attached hydrogens (tertiary/aromatic N) is 1. The summed E-state index contributed by atoms with van der Waals surface area (Å²) in [6.45, 7) is 1.16. The fraction of sp³-hybridized carbons (Fsp3) is 0.538. The number of benzene rings is 1. The van der Waals surface area contributed by atoms with Crippen LogP contribution in [-0.4, -0.2) is 25.5 Å². The maximum Gasteiger partial charge on any atom is 0.123 e. The summed E-state index contributed by atoms with van der Waals surface area (Å²) in [6.07, 6.45) is 4.75. The lowest BCUT2D eigenvalue weighted by Gasteiger charge is -2.08. The lowest BCUT2D eigenvalue weighted by atomic mass is 10.1. The molecule has 1 aromatic carbocycles. The summed E-state index contributed by atoms with van der Waals surface area (Å²) in [6, 6.07) is 6.83. The van der Waals surface area contributed by atoms with Crippen molar-refractivity contribution in [3.63, 3.8) is 0 Å². The monoisotopic (exact) mass is 209 g/mol. The van der Waals surface area contributed by atoms with Gasteiger partial charge in [-0.05, 0) is 57.6 Å². The maximum atomic E-state index is 12.6. The molecule has 1 rings (SSSR count). The predicted molar refractivity (Wildman–Crippen MR) is 62.5 cm³/mol. The van der Waals surface area contributed by atoms with Crippen molar-refractivity contribution in [3.05, 3.63) is 35.6 Å². The zero-order chi connectivity index (χ0) is 11.1. The minimum absolute atomic E-state index is 0.147. The van der Waals surface area contributed by atoms with E-state index in [0.717, 1.165) is 13.0 Å². The normalized spacial score (nSPS) is 10.9. The minimum atomic E-state index is -0.147. The van der Waals surface area contributed by atoms with Crippen molar-refractivity contribution in [2.45, 2.75) is 25.7 Å². The van der Waals surface area contributed by atoms with E-state index in [0.29, 0.717) is 0 Å². The second-order valence-corrected chi connectivity index (χ2v) is 4.24. The van der Waals surface area contributed by atoms with Crippen LogP contribution in [0.15, 0.2) is 24.3 Å². The summed E-state index contributed by atoms with van der Waals surface area (Å²) in [7, 11) is 4.19. The predicted octanol–water partition coefficient (Wildman–Crippen LogP) is 3.10. The quantitative estimate of drug-likeness (QED) is 0.651. The van der Waals surface area contributed by atoms with E-state index in [-0.39, 0.29) is 5.82 Å². The summed E-state index contributed by atoms with van der Waals surface area (Å²) < 4.78 is 12.6. The van der Waals surface area contributed by atoms with Crippen molar-refractivity contribution in [3.8, 4) is 0 Å². The van der Waals surface area contributed by atoms with Crippen molar-refractivity contribution in [1.29, 1.82) is 0 Å². The fourth-order valence-corrected chi connectivity index (χ4v) is 1.59. The van der Waals surface area contributed by atoms with Crippen LogP contribution in [0.2, 0.25) is 0 Å². The van der Waals surface area contributed by atoms with E-state index in [2.05, 4.69) is 19.0 Å². The molecule has 15 heavy (non-hydrogen) atoms. The van der Waals surface area contributed by atoms with Gasteiger partial charge < -0.3 is 4.90 Å². The van der Waals surface area contributed by atoms with E-state index in [4.69, 9.17) is 0 Å². The number of halogens is 1. The molecule has 0 saturated heterocycles. The van der Waals surface area contributed by atoms with Gasteiger partial charge in [-0.15, -0.1) is 0 Å². The molecule has 0 bridgehead atoms. The highest BCUT2D eigenvalue weighted by Crippen LogP contribution is 2.08. The first kappa shape index (κ1) is 12.2. The lowest BCUT2D eigenvalue weighted by molar-refractivity contribution is 0.391. The Hall–Kier alpha value is -0.890. The smallest absolute Gasteiger partial charge is 0.123 e. The van der Waals surface area contributed by atoms with Gasteiger partial charge in [0.05, 0.1) is 0 Å². The molecule has 1 nitrogen and oxygen atoms in total. The first-order chi connectivity index (χ1) is 7.18. The molecule has 0 aromatic heterocycles. The van der Waals surface area contributed by atoms with Crippen LogP contribution in [0.25, 0.3) is 0 Å². The average molecular weight is 209 g/mol. The molecule has 0 atom stereocenters. The Morgan fingerprint density at radius 3 is 2.27 bits per heavy atom. The molecular formula is C13H20FN. The van der Waals surface area contributed by atoms with Crippen molar-refractivity contribution >= 4 is 0 Å². The van der Waals surface area contributed by atoms with Gasteiger partial charge in [-0.1, -0.05) is 18.6 Å². The van der Waals surface area contributed by atoms with Gasteiger partial charge in [0.25, 0.3) is 0 Å². The zero-order valence-electron chi connectivity index (χ0n) is 9.67. The molecule has 0 spiro atoms. The Bertz CT molecular complexity index is 266. The minimum Gasteiger partial charge on any atom is -0.309 e. The van der Waals surface area contributed by atoms with Gasteiger partial charge in [0.2, 0.25) is 0 Å². The topological polar surface area (TPSA) is 3.24 Å². The van der Waals surface area contributed by atoms with Crippen molar-refractivity contribution < 1.29 is 4.39 Å². The van der Waals surface area contributed by atoms with Gasteiger partial charge in [0.15, 0.2) is 0 Å². The van der Waals surface area contributed by atoms with Crippen LogP contribution in [0.5, 0.6) is 0 Å². The van der Waals surface area contributed by atoms with Gasteiger partial charge in [0, 0.05) is 0 Å². The number of unbranched alkanes of at least 4 members (excludes halogenated alkanes) is 2. The van der Waals surface area contributed by atoms with Crippen LogP contribution in [0.3, 0.4) is 0 Å². The molecule has 0 radical (unpaired) electrons. The summed E-state index contributed by atoms with van der Waals surface area (Å²) >= 11 is 0. The second kappa shape index (κ2) is 6.57. The van der Waals surface area contributed by atoms with Crippen LogP contribution in [0.1, 0.15) is 24.8 Å². The molecule has 0 aliphatic rings. The molecule has 0 saturated carbocycles. The van der Waals surface area contributed by atoms with Gasteiger partial charge >= 0.3 is 0 Å². The number of rotatable bonds is 6. The van der Waals surface area contributed by atoms with Gasteiger partial charge in [-0.3, -0.25) is 0 Å². The number of hydrogen-bond acceptors (Lipinski definition) is 1. The summed E-state index contributed by atoms with van der Waals surface area (Å²) in [5.74, 6) is -0.147. The van der Waals surface area contributed by atoms with Gasteiger partial charge in [-0.2, -0.15) is 0 Å². The third-order valence-electron chi connectivity index (χ3n) is 2.48. The zero-order valence-corrected chi connectivity index (χ0v) is 9.67. The van der Waals surface area contributed by atoms with Crippen LogP contribution < -0.4 is 0 Å². The first-order valence-electron chi connectivity index (χ1n) is 5.57. The first-order valence-corrected chi connectivity index (χ1v) is 5.57. The summed E-state index contributed by atoms with van der Waals surface area (Å²) in [4.78, 5) is 2.21. The van der Waals surface area contributed by atoms with E-state index < -0.39 is 0 Å². The molecule has 84 valence electrons. The standard InChI is InChI=1S/C13H20FN/c1-15(2)11-5-3-4-6-12-7-9-13(14)10-8-12/h7-10H,3-6,11H2,1-2H3. The molecular weight excluding hydrogens is 189 g/mol. The SMILES string of the molecule is CN(C)CCCCCc1ccc(F)cc1. The Morgan fingerprint density at radius 2 is 1.67 bits per heavy atom. The van der Waals surface area contributed by atoms with Crippen LogP contribution >= 0.6 is 0 Å².